The van der Waals surface area contributed by atoms with E-state index in [-0.39, 0.29) is 24.2 Å². The van der Waals surface area contributed by atoms with Gasteiger partial charge in [-0.25, -0.2) is 13.1 Å². The van der Waals surface area contributed by atoms with Crippen molar-refractivity contribution in [1.29, 1.82) is 0 Å². The van der Waals surface area contributed by atoms with Crippen LogP contribution >= 0.6 is 0 Å². The Morgan fingerprint density at radius 1 is 1.17 bits per heavy atom. The van der Waals surface area contributed by atoms with Gasteiger partial charge in [0.1, 0.15) is 0 Å². The van der Waals surface area contributed by atoms with Crippen molar-refractivity contribution in [3.63, 3.8) is 0 Å². The van der Waals surface area contributed by atoms with Gasteiger partial charge in [0.15, 0.2) is 0 Å². The molecule has 0 atom stereocenters. The molecule has 23 heavy (non-hydrogen) atoms. The molecule has 1 aromatic rings. The van der Waals surface area contributed by atoms with Crippen LogP contribution in [0.2, 0.25) is 0 Å². The molecule has 0 spiro atoms. The van der Waals surface area contributed by atoms with E-state index in [1.165, 1.54) is 6.08 Å². The molecule has 0 aliphatic carbocycles. The van der Waals surface area contributed by atoms with Crippen LogP contribution in [0.3, 0.4) is 0 Å². The lowest BCUT2D eigenvalue weighted by Crippen LogP contribution is -2.31. The van der Waals surface area contributed by atoms with Crippen LogP contribution in [0.1, 0.15) is 31.9 Å². The van der Waals surface area contributed by atoms with E-state index in [9.17, 15) is 13.2 Å². The average Bonchev–Trinajstić information content (AvgIpc) is 2.45. The van der Waals surface area contributed by atoms with Gasteiger partial charge in [0.25, 0.3) is 0 Å². The lowest BCUT2D eigenvalue weighted by molar-refractivity contribution is -0.116. The Morgan fingerprint density at radius 3 is 2.43 bits per heavy atom. The minimum atomic E-state index is -3.40. The number of benzene rings is 1. The van der Waals surface area contributed by atoms with Gasteiger partial charge in [-0.1, -0.05) is 42.5 Å². The Kier molecular flexibility index (Phi) is 7.71. The van der Waals surface area contributed by atoms with E-state index in [1.807, 2.05) is 25.1 Å². The number of carbonyl (C=O) groups is 1. The van der Waals surface area contributed by atoms with Crippen LogP contribution in [0.5, 0.6) is 0 Å². The predicted octanol–water partition coefficient (Wildman–Crippen LogP) is 2.26. The quantitative estimate of drug-likeness (QED) is 0.565. The van der Waals surface area contributed by atoms with Crippen LogP contribution in [0.25, 0.3) is 0 Å². The molecule has 1 amide bonds. The highest BCUT2D eigenvalue weighted by Gasteiger charge is 2.15. The first kappa shape index (κ1) is 19.1. The molecule has 0 radical (unpaired) electrons. The van der Waals surface area contributed by atoms with Gasteiger partial charge >= 0.3 is 0 Å². The minimum Gasteiger partial charge on any atom is -0.348 e. The summed E-state index contributed by atoms with van der Waals surface area (Å²) in [4.78, 5) is 11.7. The Hall–Kier alpha value is -1.92. The van der Waals surface area contributed by atoms with Gasteiger partial charge in [-0.2, -0.15) is 0 Å². The first-order chi connectivity index (χ1) is 10.8. The molecule has 6 heteroatoms. The zero-order valence-electron chi connectivity index (χ0n) is 13.7. The number of rotatable bonds is 8. The maximum Gasteiger partial charge on any atom is 0.244 e. The molecule has 0 fully saturated rings. The molecule has 126 valence electrons. The third kappa shape index (κ3) is 7.76. The molecule has 0 unspecified atom stereocenters. The molecule has 0 heterocycles. The SMILES string of the molecule is C/C=C/C=C/C(=O)NCc1ccccc1CS(=O)(=O)NC(C)C. The fourth-order valence-electron chi connectivity index (χ4n) is 1.97. The van der Waals surface area contributed by atoms with Gasteiger partial charge in [0, 0.05) is 18.7 Å². The molecule has 0 aromatic heterocycles. The number of hydrogen-bond acceptors (Lipinski definition) is 3. The number of nitrogens with one attached hydrogen (secondary N) is 2. The second-order valence-electron chi connectivity index (χ2n) is 5.40. The number of allylic oxidation sites excluding steroid dienone is 3. The van der Waals surface area contributed by atoms with Crippen molar-refractivity contribution < 1.29 is 13.2 Å². The third-order valence-corrected chi connectivity index (χ3v) is 4.40. The number of hydrogen-bond donors (Lipinski definition) is 2. The minimum absolute atomic E-state index is 0.106. The molecular formula is C17H24N2O3S. The Labute approximate surface area is 138 Å². The van der Waals surface area contributed by atoms with Gasteiger partial charge in [0.2, 0.25) is 15.9 Å². The molecule has 2 N–H and O–H groups in total. The molecule has 0 bridgehead atoms. The van der Waals surface area contributed by atoms with Crippen LogP contribution in [0, 0.1) is 0 Å². The largest absolute Gasteiger partial charge is 0.348 e. The summed E-state index contributed by atoms with van der Waals surface area (Å²) < 4.78 is 26.7. The van der Waals surface area contributed by atoms with Crippen molar-refractivity contribution in [1.82, 2.24) is 10.0 Å². The fourth-order valence-corrected chi connectivity index (χ4v) is 3.46. The van der Waals surface area contributed by atoms with Crippen molar-refractivity contribution in [3.8, 4) is 0 Å². The maximum atomic E-state index is 12.1. The zero-order chi connectivity index (χ0) is 17.3. The summed E-state index contributed by atoms with van der Waals surface area (Å²) in [5.74, 6) is -0.327. The monoisotopic (exact) mass is 336 g/mol. The van der Waals surface area contributed by atoms with Crippen molar-refractivity contribution in [2.45, 2.75) is 39.1 Å². The average molecular weight is 336 g/mol. The van der Waals surface area contributed by atoms with Gasteiger partial charge < -0.3 is 5.32 Å². The van der Waals surface area contributed by atoms with Crippen molar-refractivity contribution in [2.24, 2.45) is 0 Å². The number of carbonyl (C=O) groups excluding carboxylic acids is 1. The molecule has 1 aromatic carbocycles. The zero-order valence-corrected chi connectivity index (χ0v) is 14.6. The van der Waals surface area contributed by atoms with Gasteiger partial charge in [-0.3, -0.25) is 4.79 Å². The van der Waals surface area contributed by atoms with E-state index >= 15 is 0 Å². The summed E-state index contributed by atoms with van der Waals surface area (Å²) in [6.45, 7) is 5.71. The summed E-state index contributed by atoms with van der Waals surface area (Å²) in [5.41, 5.74) is 1.47. The third-order valence-electron chi connectivity index (χ3n) is 2.88. The van der Waals surface area contributed by atoms with E-state index in [0.717, 1.165) is 5.56 Å². The van der Waals surface area contributed by atoms with Crippen molar-refractivity contribution in [3.05, 3.63) is 59.7 Å². The Bertz CT molecular complexity index is 677. The summed E-state index contributed by atoms with van der Waals surface area (Å²) in [5, 5.41) is 2.75. The highest BCUT2D eigenvalue weighted by Crippen LogP contribution is 2.12. The maximum absolute atomic E-state index is 12.1. The van der Waals surface area contributed by atoms with Crippen LogP contribution < -0.4 is 10.0 Å². The highest BCUT2D eigenvalue weighted by atomic mass is 32.2. The number of amides is 1. The van der Waals surface area contributed by atoms with E-state index in [1.54, 1.807) is 38.1 Å². The van der Waals surface area contributed by atoms with Crippen molar-refractivity contribution in [2.75, 3.05) is 0 Å². The Morgan fingerprint density at radius 2 is 1.83 bits per heavy atom. The summed E-state index contributed by atoms with van der Waals surface area (Å²) in [6.07, 6.45) is 6.67. The van der Waals surface area contributed by atoms with Crippen LogP contribution in [-0.4, -0.2) is 20.4 Å². The van der Waals surface area contributed by atoms with Gasteiger partial charge in [-0.15, -0.1) is 0 Å². The second-order valence-corrected chi connectivity index (χ2v) is 7.16. The Balaban J connectivity index is 2.76. The van der Waals surface area contributed by atoms with E-state index in [4.69, 9.17) is 0 Å². The molecular weight excluding hydrogens is 312 g/mol. The summed E-state index contributed by atoms with van der Waals surface area (Å²) in [6, 6.07) is 7.04. The van der Waals surface area contributed by atoms with E-state index in [2.05, 4.69) is 10.0 Å². The summed E-state index contributed by atoms with van der Waals surface area (Å²) >= 11 is 0. The lowest BCUT2D eigenvalue weighted by Gasteiger charge is -2.13. The van der Waals surface area contributed by atoms with Gasteiger partial charge in [-0.05, 0) is 31.9 Å². The standard InChI is InChI=1S/C17H24N2O3S/c1-4-5-6-11-17(20)18-12-15-9-7-8-10-16(15)13-23(21,22)19-14(2)3/h4-11,14,19H,12-13H2,1-3H3,(H,18,20)/b5-4+,11-6+. The molecule has 0 aliphatic rings. The predicted molar refractivity (Wildman–Crippen MR) is 93.1 cm³/mol. The first-order valence-corrected chi connectivity index (χ1v) is 9.13. The first-order valence-electron chi connectivity index (χ1n) is 7.48. The molecule has 5 nitrogen and oxygen atoms in total. The molecule has 1 rings (SSSR count). The smallest absolute Gasteiger partial charge is 0.244 e. The highest BCUT2D eigenvalue weighted by molar-refractivity contribution is 7.88. The lowest BCUT2D eigenvalue weighted by atomic mass is 10.1. The number of sulfonamides is 1. The fraction of sp³-hybridized carbons (Fsp3) is 0.353. The van der Waals surface area contributed by atoms with E-state index < -0.39 is 10.0 Å². The molecule has 0 saturated carbocycles. The topological polar surface area (TPSA) is 75.3 Å². The molecule has 0 aliphatic heterocycles. The van der Waals surface area contributed by atoms with Crippen LogP contribution in [-0.2, 0) is 27.1 Å². The van der Waals surface area contributed by atoms with Gasteiger partial charge in [0.05, 0.1) is 5.75 Å². The van der Waals surface area contributed by atoms with Crippen LogP contribution in [0.4, 0.5) is 0 Å². The van der Waals surface area contributed by atoms with Crippen molar-refractivity contribution >= 4 is 15.9 Å². The molecule has 0 saturated heterocycles. The second kappa shape index (κ2) is 9.27. The summed E-state index contributed by atoms with van der Waals surface area (Å²) in [7, 11) is -3.40. The van der Waals surface area contributed by atoms with Crippen LogP contribution in [0.15, 0.2) is 48.6 Å². The van der Waals surface area contributed by atoms with E-state index in [0.29, 0.717) is 5.56 Å². The normalized spacial score (nSPS) is 12.3.